The van der Waals surface area contributed by atoms with Crippen molar-refractivity contribution >= 4 is 12.0 Å². The molecule has 0 aromatic heterocycles. The van der Waals surface area contributed by atoms with Crippen LogP contribution in [0.1, 0.15) is 40.5 Å². The van der Waals surface area contributed by atoms with Gasteiger partial charge in [-0.3, -0.25) is 9.63 Å². The molecule has 0 fully saturated rings. The summed E-state index contributed by atoms with van der Waals surface area (Å²) in [5.41, 5.74) is -0.503. The molecule has 1 atom stereocenters. The third kappa shape index (κ3) is 6.44. The lowest BCUT2D eigenvalue weighted by atomic mass is 10.1. The summed E-state index contributed by atoms with van der Waals surface area (Å²) in [7, 11) is 2.93. The Balaban J connectivity index is 4.13. The van der Waals surface area contributed by atoms with E-state index >= 15 is 0 Å². The molecule has 0 radical (unpaired) electrons. The number of hydrogen-bond acceptors (Lipinski definition) is 4. The third-order valence-electron chi connectivity index (χ3n) is 2.69. The zero-order valence-electron chi connectivity index (χ0n) is 12.1. The Kier molecular flexibility index (Phi) is 6.68. The van der Waals surface area contributed by atoms with Crippen molar-refractivity contribution in [2.24, 2.45) is 0 Å². The number of nitrogens with one attached hydrogen (secondary N) is 1. The van der Waals surface area contributed by atoms with Gasteiger partial charge in [-0.2, -0.15) is 0 Å². The first-order chi connectivity index (χ1) is 8.21. The minimum atomic E-state index is -0.512. The molecule has 0 heterocycles. The van der Waals surface area contributed by atoms with E-state index in [1.165, 1.54) is 14.2 Å². The van der Waals surface area contributed by atoms with Gasteiger partial charge in [0.2, 0.25) is 5.91 Å². The van der Waals surface area contributed by atoms with Crippen LogP contribution in [0.15, 0.2) is 0 Å². The number of hydrogen-bond donors (Lipinski definition) is 1. The average Bonchev–Trinajstić information content (AvgIpc) is 2.26. The van der Waals surface area contributed by atoms with E-state index in [4.69, 9.17) is 9.57 Å². The van der Waals surface area contributed by atoms with E-state index in [0.717, 1.165) is 11.5 Å². The highest BCUT2D eigenvalue weighted by atomic mass is 16.7. The van der Waals surface area contributed by atoms with Gasteiger partial charge in [0.05, 0.1) is 7.11 Å². The fourth-order valence-electron chi connectivity index (χ4n) is 1.10. The summed E-state index contributed by atoms with van der Waals surface area (Å²) in [5.74, 6) is -0.208. The highest BCUT2D eigenvalue weighted by molar-refractivity contribution is 5.76. The maximum atomic E-state index is 11.6. The zero-order chi connectivity index (χ0) is 14.3. The predicted molar refractivity (Wildman–Crippen MR) is 67.8 cm³/mol. The number of amides is 2. The fourth-order valence-corrected chi connectivity index (χ4v) is 1.10. The molecule has 1 N–H and O–H groups in total. The molecule has 0 aliphatic rings. The second-order valence-electron chi connectivity index (χ2n) is 4.83. The van der Waals surface area contributed by atoms with E-state index in [1.54, 1.807) is 6.92 Å². The van der Waals surface area contributed by atoms with Crippen LogP contribution in [0.4, 0.5) is 4.79 Å². The van der Waals surface area contributed by atoms with Gasteiger partial charge in [0, 0.05) is 19.5 Å². The van der Waals surface area contributed by atoms with Crippen molar-refractivity contribution in [1.29, 1.82) is 0 Å². The highest BCUT2D eigenvalue weighted by Crippen LogP contribution is 2.13. The molecule has 0 bridgehead atoms. The number of carbonyl (C=O) groups is 2. The van der Waals surface area contributed by atoms with E-state index in [0.29, 0.717) is 0 Å². The quantitative estimate of drug-likeness (QED) is 0.738. The van der Waals surface area contributed by atoms with Gasteiger partial charge in [-0.05, 0) is 27.2 Å². The first-order valence-electron chi connectivity index (χ1n) is 6.02. The Hall–Kier alpha value is -1.30. The Morgan fingerprint density at radius 2 is 1.94 bits per heavy atom. The maximum Gasteiger partial charge on any atom is 0.407 e. The molecular weight excluding hydrogens is 236 g/mol. The number of hydroxylamine groups is 2. The van der Waals surface area contributed by atoms with Gasteiger partial charge in [0.15, 0.2) is 0 Å². The van der Waals surface area contributed by atoms with Crippen LogP contribution in [0.3, 0.4) is 0 Å². The standard InChI is InChI=1S/C12H24N2O4/c1-7-12(3,4)18-11(16)13-9(2)8-10(15)14(5)17-6/h9H,7-8H2,1-6H3,(H,13,16). The number of nitrogens with zero attached hydrogens (tertiary/aromatic N) is 1. The van der Waals surface area contributed by atoms with Crippen LogP contribution in [-0.4, -0.2) is 42.9 Å². The lowest BCUT2D eigenvalue weighted by Crippen LogP contribution is -2.41. The van der Waals surface area contributed by atoms with E-state index in [9.17, 15) is 9.59 Å². The molecule has 2 amide bonds. The minimum absolute atomic E-state index is 0.159. The predicted octanol–water partition coefficient (Wildman–Crippen LogP) is 1.70. The molecule has 6 nitrogen and oxygen atoms in total. The van der Waals surface area contributed by atoms with Crippen LogP contribution in [0.25, 0.3) is 0 Å². The second kappa shape index (κ2) is 7.20. The lowest BCUT2D eigenvalue weighted by molar-refractivity contribution is -0.169. The second-order valence-corrected chi connectivity index (χ2v) is 4.83. The topological polar surface area (TPSA) is 67.9 Å². The van der Waals surface area contributed by atoms with E-state index in [2.05, 4.69) is 5.32 Å². The summed E-state index contributed by atoms with van der Waals surface area (Å²) >= 11 is 0. The lowest BCUT2D eigenvalue weighted by Gasteiger charge is -2.25. The maximum absolute atomic E-state index is 11.6. The van der Waals surface area contributed by atoms with Crippen LogP contribution in [0, 0.1) is 0 Å². The molecule has 0 aromatic rings. The number of alkyl carbamates (subject to hydrolysis) is 1. The molecule has 0 saturated carbocycles. The molecule has 0 aliphatic heterocycles. The summed E-state index contributed by atoms with van der Waals surface area (Å²) in [6.45, 7) is 7.34. The van der Waals surface area contributed by atoms with Crippen LogP contribution in [-0.2, 0) is 14.4 Å². The van der Waals surface area contributed by atoms with Crippen molar-refractivity contribution < 1.29 is 19.2 Å². The van der Waals surface area contributed by atoms with Gasteiger partial charge in [-0.15, -0.1) is 0 Å². The molecule has 0 spiro atoms. The average molecular weight is 260 g/mol. The molecule has 0 aromatic carbocycles. The third-order valence-corrected chi connectivity index (χ3v) is 2.69. The summed E-state index contributed by atoms with van der Waals surface area (Å²) in [6, 6.07) is -0.310. The molecule has 6 heteroatoms. The van der Waals surface area contributed by atoms with Gasteiger partial charge < -0.3 is 10.1 Å². The Morgan fingerprint density at radius 3 is 2.39 bits per heavy atom. The molecular formula is C12H24N2O4. The van der Waals surface area contributed by atoms with Gasteiger partial charge in [-0.25, -0.2) is 9.86 Å². The summed E-state index contributed by atoms with van der Waals surface area (Å²) in [6.07, 6.45) is 0.369. The van der Waals surface area contributed by atoms with Crippen molar-refractivity contribution in [3.8, 4) is 0 Å². The van der Waals surface area contributed by atoms with Gasteiger partial charge >= 0.3 is 6.09 Å². The SMILES string of the molecule is CCC(C)(C)OC(=O)NC(C)CC(=O)N(C)OC. The Labute approximate surface area is 109 Å². The Bertz CT molecular complexity index is 292. The minimum Gasteiger partial charge on any atom is -0.444 e. The largest absolute Gasteiger partial charge is 0.444 e. The van der Waals surface area contributed by atoms with E-state index in [-0.39, 0.29) is 18.4 Å². The van der Waals surface area contributed by atoms with Crippen molar-refractivity contribution in [2.75, 3.05) is 14.2 Å². The first kappa shape index (κ1) is 16.7. The molecule has 1 unspecified atom stereocenters. The van der Waals surface area contributed by atoms with Crippen molar-refractivity contribution in [3.05, 3.63) is 0 Å². The van der Waals surface area contributed by atoms with Crippen molar-refractivity contribution in [3.63, 3.8) is 0 Å². The van der Waals surface area contributed by atoms with E-state index < -0.39 is 11.7 Å². The smallest absolute Gasteiger partial charge is 0.407 e. The van der Waals surface area contributed by atoms with Crippen molar-refractivity contribution in [1.82, 2.24) is 10.4 Å². The monoisotopic (exact) mass is 260 g/mol. The summed E-state index contributed by atoms with van der Waals surface area (Å²) < 4.78 is 5.22. The van der Waals surface area contributed by atoms with E-state index in [1.807, 2.05) is 20.8 Å². The molecule has 0 saturated heterocycles. The van der Waals surface area contributed by atoms with Crippen LogP contribution in [0.5, 0.6) is 0 Å². The van der Waals surface area contributed by atoms with Gasteiger partial charge in [-0.1, -0.05) is 6.92 Å². The normalized spacial score (nSPS) is 12.8. The zero-order valence-corrected chi connectivity index (χ0v) is 12.1. The molecule has 0 aliphatic carbocycles. The Morgan fingerprint density at radius 1 is 1.39 bits per heavy atom. The number of ether oxygens (including phenoxy) is 1. The number of carbonyl (C=O) groups excluding carboxylic acids is 2. The molecule has 18 heavy (non-hydrogen) atoms. The first-order valence-corrected chi connectivity index (χ1v) is 6.02. The number of rotatable bonds is 6. The highest BCUT2D eigenvalue weighted by Gasteiger charge is 2.22. The van der Waals surface area contributed by atoms with Crippen LogP contribution >= 0.6 is 0 Å². The van der Waals surface area contributed by atoms with Crippen LogP contribution in [0.2, 0.25) is 0 Å². The summed E-state index contributed by atoms with van der Waals surface area (Å²) in [5, 5.41) is 3.74. The fraction of sp³-hybridized carbons (Fsp3) is 0.833. The summed E-state index contributed by atoms with van der Waals surface area (Å²) in [4.78, 5) is 27.8. The molecule has 106 valence electrons. The van der Waals surface area contributed by atoms with Crippen LogP contribution < -0.4 is 5.32 Å². The van der Waals surface area contributed by atoms with Gasteiger partial charge in [0.25, 0.3) is 0 Å². The van der Waals surface area contributed by atoms with Crippen molar-refractivity contribution in [2.45, 2.75) is 52.2 Å². The molecule has 0 rings (SSSR count). The van der Waals surface area contributed by atoms with Gasteiger partial charge in [0.1, 0.15) is 5.60 Å².